The molecule has 1 N–H and O–H groups in total. The molecule has 0 bridgehead atoms. The van der Waals surface area contributed by atoms with Gasteiger partial charge in [0, 0.05) is 30.7 Å². The highest BCUT2D eigenvalue weighted by Crippen LogP contribution is 2.34. The number of nitro benzene ring substituents is 1. The average molecular weight is 365 g/mol. The fraction of sp³-hybridized carbons (Fsp3) is 0.105. The monoisotopic (exact) mass is 365 g/mol. The number of nitrogens with zero attached hydrogens (tertiary/aromatic N) is 3. The van der Waals surface area contributed by atoms with Crippen molar-refractivity contribution in [3.63, 3.8) is 0 Å². The fourth-order valence-electron chi connectivity index (χ4n) is 2.84. The van der Waals surface area contributed by atoms with Crippen LogP contribution in [0.25, 0.3) is 0 Å². The molecule has 136 valence electrons. The van der Waals surface area contributed by atoms with E-state index in [0.717, 1.165) is 17.7 Å². The Morgan fingerprint density at radius 1 is 1.15 bits per heavy atom. The van der Waals surface area contributed by atoms with E-state index in [2.05, 4.69) is 5.10 Å². The predicted molar refractivity (Wildman–Crippen MR) is 97.1 cm³/mol. The molecular formula is C19H15N3O5. The van der Waals surface area contributed by atoms with Gasteiger partial charge in [-0.15, -0.1) is 0 Å². The molecule has 8 heteroatoms. The van der Waals surface area contributed by atoms with Crippen LogP contribution >= 0.6 is 0 Å². The molecule has 8 nitrogen and oxygen atoms in total. The van der Waals surface area contributed by atoms with Gasteiger partial charge in [-0.25, -0.2) is 9.80 Å². The second-order valence-electron chi connectivity index (χ2n) is 5.84. The Morgan fingerprint density at radius 3 is 2.56 bits per heavy atom. The highest BCUT2D eigenvalue weighted by atomic mass is 16.6. The maximum absolute atomic E-state index is 12.5. The maximum atomic E-state index is 12.5. The summed E-state index contributed by atoms with van der Waals surface area (Å²) in [5.74, 6) is -1.86. The second-order valence-corrected chi connectivity index (χ2v) is 5.84. The van der Waals surface area contributed by atoms with Gasteiger partial charge in [-0.1, -0.05) is 42.5 Å². The molecule has 1 heterocycles. The number of hydrazone groups is 1. The molecule has 1 atom stereocenters. The van der Waals surface area contributed by atoms with Gasteiger partial charge in [0.05, 0.1) is 16.7 Å². The van der Waals surface area contributed by atoms with Crippen LogP contribution in [-0.4, -0.2) is 32.6 Å². The Labute approximate surface area is 154 Å². The van der Waals surface area contributed by atoms with Crippen molar-refractivity contribution in [1.82, 2.24) is 5.01 Å². The van der Waals surface area contributed by atoms with Crippen LogP contribution < -0.4 is 0 Å². The summed E-state index contributed by atoms with van der Waals surface area (Å²) in [6.45, 7) is 0. The zero-order valence-electron chi connectivity index (χ0n) is 14.1. The van der Waals surface area contributed by atoms with E-state index in [1.807, 2.05) is 30.3 Å². The first-order valence-corrected chi connectivity index (χ1v) is 8.07. The zero-order valence-corrected chi connectivity index (χ0v) is 14.1. The minimum Gasteiger partial charge on any atom is -0.478 e. The van der Waals surface area contributed by atoms with E-state index in [-0.39, 0.29) is 5.69 Å². The number of non-ortho nitro benzene ring substituents is 1. The van der Waals surface area contributed by atoms with Gasteiger partial charge in [0.25, 0.3) is 11.6 Å². The highest BCUT2D eigenvalue weighted by Gasteiger charge is 2.32. The third kappa shape index (κ3) is 4.06. The van der Waals surface area contributed by atoms with Crippen LogP contribution in [0.2, 0.25) is 0 Å². The van der Waals surface area contributed by atoms with Crippen molar-refractivity contribution in [2.45, 2.75) is 12.5 Å². The lowest BCUT2D eigenvalue weighted by Crippen LogP contribution is -2.25. The molecule has 2 aromatic rings. The molecule has 0 fully saturated rings. The molecule has 2 aromatic carbocycles. The van der Waals surface area contributed by atoms with Crippen LogP contribution in [0.5, 0.6) is 0 Å². The number of aliphatic carboxylic acids is 1. The maximum Gasteiger partial charge on any atom is 0.328 e. The lowest BCUT2D eigenvalue weighted by Gasteiger charge is -2.20. The minimum absolute atomic E-state index is 0.0888. The fourth-order valence-corrected chi connectivity index (χ4v) is 2.84. The minimum atomic E-state index is -1.25. The SMILES string of the molecule is O=C(O)/C=C\C(=O)N1N=C(c2ccccc2)C[C@H]1c1cccc([N+](=O)[O-])c1. The number of rotatable bonds is 5. The summed E-state index contributed by atoms with van der Waals surface area (Å²) in [5, 5.41) is 25.3. The van der Waals surface area contributed by atoms with Crippen LogP contribution in [0.3, 0.4) is 0 Å². The first-order valence-electron chi connectivity index (χ1n) is 8.07. The van der Waals surface area contributed by atoms with Crippen molar-refractivity contribution in [3.05, 3.63) is 88.0 Å². The smallest absolute Gasteiger partial charge is 0.328 e. The number of carbonyl (C=O) groups is 2. The topological polar surface area (TPSA) is 113 Å². The number of amides is 1. The number of benzene rings is 2. The molecule has 1 aliphatic rings. The molecule has 0 radical (unpaired) electrons. The van der Waals surface area contributed by atoms with Crippen LogP contribution in [0.4, 0.5) is 5.69 Å². The van der Waals surface area contributed by atoms with Crippen molar-refractivity contribution in [2.24, 2.45) is 5.10 Å². The van der Waals surface area contributed by atoms with E-state index in [4.69, 9.17) is 5.11 Å². The molecule has 0 spiro atoms. The van der Waals surface area contributed by atoms with Gasteiger partial charge in [-0.05, 0) is 11.1 Å². The number of nitro groups is 1. The summed E-state index contributed by atoms with van der Waals surface area (Å²) in [7, 11) is 0. The van der Waals surface area contributed by atoms with E-state index < -0.39 is 22.8 Å². The van der Waals surface area contributed by atoms with Crippen LogP contribution in [-0.2, 0) is 9.59 Å². The number of hydrogen-bond acceptors (Lipinski definition) is 5. The molecule has 3 rings (SSSR count). The summed E-state index contributed by atoms with van der Waals surface area (Å²) >= 11 is 0. The van der Waals surface area contributed by atoms with E-state index in [9.17, 15) is 19.7 Å². The molecule has 0 aliphatic carbocycles. The Morgan fingerprint density at radius 2 is 1.89 bits per heavy atom. The Hall–Kier alpha value is -3.81. The van der Waals surface area contributed by atoms with Crippen LogP contribution in [0.15, 0.2) is 71.9 Å². The zero-order chi connectivity index (χ0) is 19.4. The van der Waals surface area contributed by atoms with Crippen LogP contribution in [0.1, 0.15) is 23.6 Å². The molecule has 1 aliphatic heterocycles. The first kappa shape index (κ1) is 18.0. The molecular weight excluding hydrogens is 350 g/mol. The van der Waals surface area contributed by atoms with Crippen LogP contribution in [0, 0.1) is 10.1 Å². The lowest BCUT2D eigenvalue weighted by molar-refractivity contribution is -0.384. The van der Waals surface area contributed by atoms with E-state index >= 15 is 0 Å². The highest BCUT2D eigenvalue weighted by molar-refractivity contribution is 6.04. The summed E-state index contributed by atoms with van der Waals surface area (Å²) in [6, 6.07) is 14.7. The van der Waals surface area contributed by atoms with E-state index in [1.54, 1.807) is 12.1 Å². The molecule has 0 unspecified atom stereocenters. The quantitative estimate of drug-likeness (QED) is 0.497. The molecule has 1 amide bonds. The van der Waals surface area contributed by atoms with Gasteiger partial charge in [0.2, 0.25) is 0 Å². The second kappa shape index (κ2) is 7.61. The van der Waals surface area contributed by atoms with Gasteiger partial charge in [-0.2, -0.15) is 5.10 Å². The lowest BCUT2D eigenvalue weighted by atomic mass is 9.98. The van der Waals surface area contributed by atoms with Gasteiger partial charge >= 0.3 is 5.97 Å². The Kier molecular flexibility index (Phi) is 5.07. The molecule has 0 saturated carbocycles. The molecule has 0 saturated heterocycles. The third-order valence-electron chi connectivity index (χ3n) is 4.08. The average Bonchev–Trinajstić information content (AvgIpc) is 3.12. The van der Waals surface area contributed by atoms with E-state index in [1.165, 1.54) is 17.1 Å². The molecule has 0 aromatic heterocycles. The third-order valence-corrected chi connectivity index (χ3v) is 4.08. The van der Waals surface area contributed by atoms with Gasteiger partial charge in [-0.3, -0.25) is 14.9 Å². The number of carboxylic acid groups (broad SMARTS) is 1. The summed E-state index contributed by atoms with van der Waals surface area (Å²) in [4.78, 5) is 33.7. The first-order chi connectivity index (χ1) is 13.0. The predicted octanol–water partition coefficient (Wildman–Crippen LogP) is 2.91. The van der Waals surface area contributed by atoms with Gasteiger partial charge in [0.15, 0.2) is 0 Å². The van der Waals surface area contributed by atoms with Crippen molar-refractivity contribution < 1.29 is 19.6 Å². The van der Waals surface area contributed by atoms with E-state index in [0.29, 0.717) is 17.7 Å². The number of hydrogen-bond donors (Lipinski definition) is 1. The normalized spacial score (nSPS) is 16.4. The van der Waals surface area contributed by atoms with Gasteiger partial charge < -0.3 is 5.11 Å². The standard InChI is InChI=1S/C19H15N3O5/c23-18(9-10-19(24)25)21-17(14-7-4-8-15(11-14)22(26)27)12-16(20-21)13-5-2-1-3-6-13/h1-11,17H,12H2,(H,24,25)/b10-9-/t17-/m0/s1. The van der Waals surface area contributed by atoms with Crippen molar-refractivity contribution >= 4 is 23.3 Å². The largest absolute Gasteiger partial charge is 0.478 e. The number of carbonyl (C=O) groups excluding carboxylic acids is 1. The summed E-state index contributed by atoms with van der Waals surface area (Å²) < 4.78 is 0. The van der Waals surface area contributed by atoms with Gasteiger partial charge in [0.1, 0.15) is 0 Å². The number of carboxylic acids is 1. The molecule has 27 heavy (non-hydrogen) atoms. The van der Waals surface area contributed by atoms with Crippen molar-refractivity contribution in [1.29, 1.82) is 0 Å². The Bertz CT molecular complexity index is 953. The summed E-state index contributed by atoms with van der Waals surface area (Å²) in [5.41, 5.74) is 1.93. The van der Waals surface area contributed by atoms with Crippen molar-refractivity contribution in [3.8, 4) is 0 Å². The summed E-state index contributed by atoms with van der Waals surface area (Å²) in [6.07, 6.45) is 2.02. The Balaban J connectivity index is 1.98. The van der Waals surface area contributed by atoms with Crippen molar-refractivity contribution in [2.75, 3.05) is 0 Å².